The highest BCUT2D eigenvalue weighted by atomic mass is 16.4. The average Bonchev–Trinajstić information content (AvgIpc) is 2.80. The molecule has 0 bridgehead atoms. The number of hydrogen-bond donors (Lipinski definition) is 2. The van der Waals surface area contributed by atoms with Crippen LogP contribution in [0, 0.1) is 0 Å². The second-order valence-corrected chi connectivity index (χ2v) is 5.97. The van der Waals surface area contributed by atoms with Crippen molar-refractivity contribution < 1.29 is 14.7 Å². The third-order valence-corrected chi connectivity index (χ3v) is 3.26. The van der Waals surface area contributed by atoms with Gasteiger partial charge < -0.3 is 10.4 Å². The van der Waals surface area contributed by atoms with E-state index < -0.39 is 11.9 Å². The van der Waals surface area contributed by atoms with Crippen molar-refractivity contribution in [3.05, 3.63) is 41.3 Å². The van der Waals surface area contributed by atoms with Crippen LogP contribution in [0.25, 0.3) is 0 Å². The fourth-order valence-corrected chi connectivity index (χ4v) is 1.95. The van der Waals surface area contributed by atoms with Crippen LogP contribution in [-0.2, 0) is 12.5 Å². The Labute approximate surface area is 128 Å². The van der Waals surface area contributed by atoms with E-state index in [-0.39, 0.29) is 16.7 Å². The van der Waals surface area contributed by atoms with Crippen molar-refractivity contribution in [1.29, 1.82) is 0 Å². The van der Waals surface area contributed by atoms with Gasteiger partial charge in [0.2, 0.25) is 0 Å². The Bertz CT molecular complexity index is 711. The molecule has 0 aliphatic heterocycles. The molecule has 2 heterocycles. The molecule has 0 radical (unpaired) electrons. The summed E-state index contributed by atoms with van der Waals surface area (Å²) in [5.41, 5.74) is 0.839. The van der Waals surface area contributed by atoms with E-state index >= 15 is 0 Å². The molecule has 2 aromatic heterocycles. The standard InChI is InChI=1S/C15H18N4O3/c1-15(2,3)9-5-6-11(16-7-9)18-13(20)12-10(14(21)22)8-17-19(12)4/h5-8H,1-4H3,(H,21,22)(H,16,18,20). The summed E-state index contributed by atoms with van der Waals surface area (Å²) in [7, 11) is 1.51. The van der Waals surface area contributed by atoms with Crippen LogP contribution in [0.4, 0.5) is 5.82 Å². The van der Waals surface area contributed by atoms with Gasteiger partial charge in [-0.25, -0.2) is 9.78 Å². The maximum absolute atomic E-state index is 12.2. The number of aromatic nitrogens is 3. The van der Waals surface area contributed by atoms with E-state index in [1.54, 1.807) is 12.3 Å². The molecule has 0 aliphatic rings. The number of carbonyl (C=O) groups excluding carboxylic acids is 1. The van der Waals surface area contributed by atoms with E-state index in [2.05, 4.69) is 36.2 Å². The molecule has 1 amide bonds. The second kappa shape index (κ2) is 5.59. The molecule has 7 heteroatoms. The Hall–Kier alpha value is -2.70. The maximum atomic E-state index is 12.2. The van der Waals surface area contributed by atoms with Gasteiger partial charge >= 0.3 is 5.97 Å². The quantitative estimate of drug-likeness (QED) is 0.904. The number of carbonyl (C=O) groups is 2. The summed E-state index contributed by atoms with van der Waals surface area (Å²) in [4.78, 5) is 27.5. The van der Waals surface area contributed by atoms with Gasteiger partial charge in [0.15, 0.2) is 0 Å². The van der Waals surface area contributed by atoms with Gasteiger partial charge in [0, 0.05) is 13.2 Å². The van der Waals surface area contributed by atoms with Crippen molar-refractivity contribution in [2.24, 2.45) is 7.05 Å². The maximum Gasteiger partial charge on any atom is 0.339 e. The number of carboxylic acid groups (broad SMARTS) is 1. The normalized spacial score (nSPS) is 11.3. The number of nitrogens with one attached hydrogen (secondary N) is 1. The van der Waals surface area contributed by atoms with Gasteiger partial charge in [-0.3, -0.25) is 9.48 Å². The van der Waals surface area contributed by atoms with Crippen molar-refractivity contribution >= 4 is 17.7 Å². The number of pyridine rings is 1. The van der Waals surface area contributed by atoms with Crippen LogP contribution in [0.3, 0.4) is 0 Å². The molecule has 2 rings (SSSR count). The summed E-state index contributed by atoms with van der Waals surface area (Å²) in [6, 6.07) is 3.57. The number of anilines is 1. The Morgan fingerprint density at radius 3 is 2.41 bits per heavy atom. The minimum atomic E-state index is -1.20. The van der Waals surface area contributed by atoms with Crippen molar-refractivity contribution in [2.45, 2.75) is 26.2 Å². The molecule has 0 unspecified atom stereocenters. The van der Waals surface area contributed by atoms with Crippen LogP contribution in [0.2, 0.25) is 0 Å². The molecule has 2 N–H and O–H groups in total. The van der Waals surface area contributed by atoms with Crippen molar-refractivity contribution in [3.63, 3.8) is 0 Å². The molecular weight excluding hydrogens is 284 g/mol. The second-order valence-electron chi connectivity index (χ2n) is 5.97. The zero-order chi connectivity index (χ0) is 16.5. The van der Waals surface area contributed by atoms with Crippen molar-refractivity contribution in [3.8, 4) is 0 Å². The first-order valence-electron chi connectivity index (χ1n) is 6.73. The molecular formula is C15H18N4O3. The number of aromatic carboxylic acids is 1. The zero-order valence-electron chi connectivity index (χ0n) is 12.9. The summed E-state index contributed by atoms with van der Waals surface area (Å²) < 4.78 is 1.22. The fourth-order valence-electron chi connectivity index (χ4n) is 1.95. The monoisotopic (exact) mass is 302 g/mol. The molecule has 0 fully saturated rings. The van der Waals surface area contributed by atoms with E-state index in [1.165, 1.54) is 11.7 Å². The lowest BCUT2D eigenvalue weighted by Gasteiger charge is -2.18. The highest BCUT2D eigenvalue weighted by Crippen LogP contribution is 2.22. The van der Waals surface area contributed by atoms with Gasteiger partial charge in [-0.05, 0) is 17.0 Å². The van der Waals surface area contributed by atoms with Gasteiger partial charge in [-0.2, -0.15) is 5.10 Å². The Kier molecular flexibility index (Phi) is 3.99. The van der Waals surface area contributed by atoms with Crippen LogP contribution < -0.4 is 5.32 Å². The molecule has 2 aromatic rings. The number of aryl methyl sites for hydroxylation is 1. The summed E-state index contributed by atoms with van der Waals surface area (Å²) in [5, 5.41) is 15.5. The van der Waals surface area contributed by atoms with Gasteiger partial charge in [-0.15, -0.1) is 0 Å². The lowest BCUT2D eigenvalue weighted by molar-refractivity contribution is 0.0692. The lowest BCUT2D eigenvalue weighted by atomic mass is 9.88. The third-order valence-electron chi connectivity index (χ3n) is 3.26. The molecule has 0 atom stereocenters. The summed E-state index contributed by atoms with van der Waals surface area (Å²) >= 11 is 0. The zero-order valence-corrected chi connectivity index (χ0v) is 12.9. The van der Waals surface area contributed by atoms with Crippen molar-refractivity contribution in [1.82, 2.24) is 14.8 Å². The third kappa shape index (κ3) is 3.13. The Morgan fingerprint density at radius 1 is 1.23 bits per heavy atom. The largest absolute Gasteiger partial charge is 0.478 e. The van der Waals surface area contributed by atoms with Gasteiger partial charge in [0.1, 0.15) is 17.1 Å². The Morgan fingerprint density at radius 2 is 1.91 bits per heavy atom. The van der Waals surface area contributed by atoms with Gasteiger partial charge in [-0.1, -0.05) is 26.8 Å². The number of nitrogens with zero attached hydrogens (tertiary/aromatic N) is 3. The lowest BCUT2D eigenvalue weighted by Crippen LogP contribution is -2.20. The van der Waals surface area contributed by atoms with Gasteiger partial charge in [0.05, 0.1) is 6.20 Å². The molecule has 0 aromatic carbocycles. The minimum Gasteiger partial charge on any atom is -0.478 e. The van der Waals surface area contributed by atoms with Crippen LogP contribution in [-0.4, -0.2) is 31.7 Å². The molecule has 22 heavy (non-hydrogen) atoms. The van der Waals surface area contributed by atoms with Crippen LogP contribution in [0.1, 0.15) is 47.2 Å². The number of carboxylic acids is 1. The van der Waals surface area contributed by atoms with E-state index in [0.717, 1.165) is 11.8 Å². The predicted molar refractivity (Wildman–Crippen MR) is 81.1 cm³/mol. The van der Waals surface area contributed by atoms with Gasteiger partial charge in [0.25, 0.3) is 5.91 Å². The summed E-state index contributed by atoms with van der Waals surface area (Å²) in [6.07, 6.45) is 2.84. The molecule has 7 nitrogen and oxygen atoms in total. The molecule has 0 saturated heterocycles. The average molecular weight is 302 g/mol. The first kappa shape index (κ1) is 15.7. The highest BCUT2D eigenvalue weighted by molar-refractivity contribution is 6.09. The predicted octanol–water partition coefficient (Wildman–Crippen LogP) is 2.06. The smallest absolute Gasteiger partial charge is 0.339 e. The molecule has 0 aliphatic carbocycles. The van der Waals surface area contributed by atoms with E-state index in [4.69, 9.17) is 5.11 Å². The first-order chi connectivity index (χ1) is 10.2. The first-order valence-corrected chi connectivity index (χ1v) is 6.73. The summed E-state index contributed by atoms with van der Waals surface area (Å²) in [5.74, 6) is -1.40. The summed E-state index contributed by atoms with van der Waals surface area (Å²) in [6.45, 7) is 6.20. The topological polar surface area (TPSA) is 97.1 Å². The molecule has 0 saturated carbocycles. The van der Waals surface area contributed by atoms with E-state index in [0.29, 0.717) is 5.82 Å². The molecule has 116 valence electrons. The molecule has 0 spiro atoms. The SMILES string of the molecule is Cn1ncc(C(=O)O)c1C(=O)Nc1ccc(C(C)(C)C)cn1. The van der Waals surface area contributed by atoms with E-state index in [1.807, 2.05) is 6.07 Å². The minimum absolute atomic E-state index is 0.0193. The van der Waals surface area contributed by atoms with Crippen LogP contribution in [0.5, 0.6) is 0 Å². The Balaban J connectivity index is 2.23. The number of amides is 1. The number of rotatable bonds is 3. The highest BCUT2D eigenvalue weighted by Gasteiger charge is 2.22. The van der Waals surface area contributed by atoms with Crippen LogP contribution >= 0.6 is 0 Å². The fraction of sp³-hybridized carbons (Fsp3) is 0.333. The van der Waals surface area contributed by atoms with Crippen LogP contribution in [0.15, 0.2) is 24.5 Å². The van der Waals surface area contributed by atoms with E-state index in [9.17, 15) is 9.59 Å². The van der Waals surface area contributed by atoms with Crippen molar-refractivity contribution in [2.75, 3.05) is 5.32 Å². The number of hydrogen-bond acceptors (Lipinski definition) is 4.